The molecule has 4 nitrogen and oxygen atoms in total. The van der Waals surface area contributed by atoms with Crippen molar-refractivity contribution in [2.75, 3.05) is 33.3 Å². The minimum atomic E-state index is 0.810. The molecule has 112 valence electrons. The Bertz CT molecular complexity index is 414. The lowest BCUT2D eigenvalue weighted by atomic mass is 9.97. The summed E-state index contributed by atoms with van der Waals surface area (Å²) in [7, 11) is 1.70. The summed E-state index contributed by atoms with van der Waals surface area (Å²) in [4.78, 5) is 7.07. The number of hydrogen-bond donors (Lipinski definition) is 1. The molecule has 1 N–H and O–H groups in total. The number of nitrogens with zero attached hydrogens (tertiary/aromatic N) is 2. The molecule has 0 spiro atoms. The van der Waals surface area contributed by atoms with Crippen LogP contribution >= 0.6 is 0 Å². The van der Waals surface area contributed by atoms with Crippen LogP contribution in [0.15, 0.2) is 12.1 Å². The second-order valence-electron chi connectivity index (χ2n) is 5.65. The smallest absolute Gasteiger partial charge is 0.122 e. The molecule has 0 saturated carbocycles. The highest BCUT2D eigenvalue weighted by Crippen LogP contribution is 2.16. The fourth-order valence-corrected chi connectivity index (χ4v) is 2.82. The van der Waals surface area contributed by atoms with E-state index < -0.39 is 0 Å². The standard InChI is InChI=1S/C16H27N3O/c1-4-19-7-5-14(6-8-19)11-17-12-15-10-16(20-3)9-13(2)18-15/h9-10,14,17H,4-8,11-12H2,1-3H3. The van der Waals surface area contributed by atoms with Crippen molar-refractivity contribution >= 4 is 0 Å². The number of aromatic nitrogens is 1. The summed E-state index contributed by atoms with van der Waals surface area (Å²) in [6, 6.07) is 3.98. The topological polar surface area (TPSA) is 37.4 Å². The van der Waals surface area contributed by atoms with Gasteiger partial charge >= 0.3 is 0 Å². The Balaban J connectivity index is 1.74. The second-order valence-corrected chi connectivity index (χ2v) is 5.65. The zero-order valence-electron chi connectivity index (χ0n) is 13.0. The van der Waals surface area contributed by atoms with Gasteiger partial charge in [-0.2, -0.15) is 0 Å². The van der Waals surface area contributed by atoms with E-state index in [1.165, 1.54) is 32.5 Å². The number of hydrogen-bond acceptors (Lipinski definition) is 4. The van der Waals surface area contributed by atoms with Crippen molar-refractivity contribution < 1.29 is 4.74 Å². The first-order chi connectivity index (χ1) is 9.71. The summed E-state index contributed by atoms with van der Waals surface area (Å²) in [5.41, 5.74) is 2.07. The van der Waals surface area contributed by atoms with Gasteiger partial charge in [0.25, 0.3) is 0 Å². The van der Waals surface area contributed by atoms with Gasteiger partial charge in [-0.25, -0.2) is 0 Å². The van der Waals surface area contributed by atoms with Crippen molar-refractivity contribution in [3.05, 3.63) is 23.5 Å². The van der Waals surface area contributed by atoms with Crippen molar-refractivity contribution in [2.45, 2.75) is 33.2 Å². The predicted octanol–water partition coefficient (Wildman–Crippen LogP) is 2.22. The highest BCUT2D eigenvalue weighted by Gasteiger charge is 2.17. The number of likely N-dealkylation sites (tertiary alicyclic amines) is 1. The van der Waals surface area contributed by atoms with Gasteiger partial charge in [-0.15, -0.1) is 0 Å². The summed E-state index contributed by atoms with van der Waals surface area (Å²) >= 11 is 0. The molecule has 0 aromatic carbocycles. The van der Waals surface area contributed by atoms with Crippen LogP contribution < -0.4 is 10.1 Å². The Morgan fingerprint density at radius 3 is 2.75 bits per heavy atom. The maximum atomic E-state index is 5.28. The first-order valence-electron chi connectivity index (χ1n) is 7.66. The highest BCUT2D eigenvalue weighted by molar-refractivity contribution is 5.26. The number of ether oxygens (including phenoxy) is 1. The molecule has 0 bridgehead atoms. The summed E-state index contributed by atoms with van der Waals surface area (Å²) in [5, 5.41) is 3.55. The molecule has 0 aliphatic carbocycles. The summed E-state index contributed by atoms with van der Waals surface area (Å²) in [6.07, 6.45) is 2.62. The Kier molecular flexibility index (Phi) is 5.80. The first-order valence-corrected chi connectivity index (χ1v) is 7.66. The lowest BCUT2D eigenvalue weighted by molar-refractivity contribution is 0.190. The lowest BCUT2D eigenvalue weighted by Gasteiger charge is -2.31. The average molecular weight is 277 g/mol. The fourth-order valence-electron chi connectivity index (χ4n) is 2.82. The van der Waals surface area contributed by atoms with Crippen molar-refractivity contribution in [2.24, 2.45) is 5.92 Å². The van der Waals surface area contributed by atoms with Crippen molar-refractivity contribution in [1.82, 2.24) is 15.2 Å². The van der Waals surface area contributed by atoms with Crippen LogP contribution in [0.25, 0.3) is 0 Å². The van der Waals surface area contributed by atoms with E-state index in [4.69, 9.17) is 4.74 Å². The molecule has 1 aromatic heterocycles. The fraction of sp³-hybridized carbons (Fsp3) is 0.688. The number of nitrogens with one attached hydrogen (secondary N) is 1. The average Bonchev–Trinajstić information content (AvgIpc) is 2.47. The Morgan fingerprint density at radius 1 is 1.35 bits per heavy atom. The summed E-state index contributed by atoms with van der Waals surface area (Å²) in [5.74, 6) is 1.70. The minimum Gasteiger partial charge on any atom is -0.497 e. The van der Waals surface area contributed by atoms with Crippen molar-refractivity contribution in [3.8, 4) is 5.75 Å². The zero-order chi connectivity index (χ0) is 14.4. The third-order valence-corrected chi connectivity index (χ3v) is 4.11. The molecule has 4 heteroatoms. The molecule has 1 aromatic rings. The molecular weight excluding hydrogens is 250 g/mol. The quantitative estimate of drug-likeness (QED) is 0.865. The largest absolute Gasteiger partial charge is 0.497 e. The third-order valence-electron chi connectivity index (χ3n) is 4.11. The van der Waals surface area contributed by atoms with Crippen LogP contribution in [0, 0.1) is 12.8 Å². The Labute approximate surface area is 122 Å². The van der Waals surface area contributed by atoms with E-state index >= 15 is 0 Å². The number of piperidine rings is 1. The molecule has 1 aliphatic heterocycles. The van der Waals surface area contributed by atoms with Crippen LogP contribution in [-0.2, 0) is 6.54 Å². The number of methoxy groups -OCH3 is 1. The van der Waals surface area contributed by atoms with Gasteiger partial charge < -0.3 is 15.0 Å². The predicted molar refractivity (Wildman–Crippen MR) is 82.1 cm³/mol. The monoisotopic (exact) mass is 277 g/mol. The summed E-state index contributed by atoms with van der Waals surface area (Å²) in [6.45, 7) is 9.86. The third kappa shape index (κ3) is 4.46. The van der Waals surface area contributed by atoms with Gasteiger partial charge in [0.2, 0.25) is 0 Å². The van der Waals surface area contributed by atoms with Gasteiger partial charge in [0.1, 0.15) is 5.75 Å². The second kappa shape index (κ2) is 7.60. The maximum Gasteiger partial charge on any atom is 0.122 e. The van der Waals surface area contributed by atoms with Gasteiger partial charge in [-0.3, -0.25) is 4.98 Å². The zero-order valence-corrected chi connectivity index (χ0v) is 13.0. The highest BCUT2D eigenvalue weighted by atomic mass is 16.5. The van der Waals surface area contributed by atoms with Crippen LogP contribution in [-0.4, -0.2) is 43.2 Å². The normalized spacial score (nSPS) is 17.4. The SMILES string of the molecule is CCN1CCC(CNCc2cc(OC)cc(C)n2)CC1. The molecule has 1 fully saturated rings. The van der Waals surface area contributed by atoms with E-state index in [1.807, 2.05) is 19.1 Å². The Morgan fingerprint density at radius 2 is 2.10 bits per heavy atom. The molecule has 0 radical (unpaired) electrons. The van der Waals surface area contributed by atoms with Crippen LogP contribution in [0.3, 0.4) is 0 Å². The van der Waals surface area contributed by atoms with E-state index in [0.29, 0.717) is 0 Å². The van der Waals surface area contributed by atoms with E-state index in [2.05, 4.69) is 22.1 Å². The van der Waals surface area contributed by atoms with E-state index in [1.54, 1.807) is 7.11 Å². The van der Waals surface area contributed by atoms with Gasteiger partial charge in [-0.05, 0) is 51.9 Å². The van der Waals surface area contributed by atoms with Crippen molar-refractivity contribution in [3.63, 3.8) is 0 Å². The minimum absolute atomic E-state index is 0.810. The van der Waals surface area contributed by atoms with Crippen LogP contribution in [0.4, 0.5) is 0 Å². The van der Waals surface area contributed by atoms with Gasteiger partial charge in [0.05, 0.1) is 12.8 Å². The van der Waals surface area contributed by atoms with Gasteiger partial charge in [0.15, 0.2) is 0 Å². The van der Waals surface area contributed by atoms with Gasteiger partial charge in [-0.1, -0.05) is 6.92 Å². The van der Waals surface area contributed by atoms with Crippen LogP contribution in [0.2, 0.25) is 0 Å². The number of pyridine rings is 1. The van der Waals surface area contributed by atoms with E-state index in [-0.39, 0.29) is 0 Å². The first kappa shape index (κ1) is 15.3. The maximum absolute atomic E-state index is 5.28. The molecule has 0 unspecified atom stereocenters. The van der Waals surface area contributed by atoms with Crippen LogP contribution in [0.5, 0.6) is 5.75 Å². The molecule has 1 saturated heterocycles. The van der Waals surface area contributed by atoms with Gasteiger partial charge in [0, 0.05) is 24.4 Å². The molecule has 0 atom stereocenters. The lowest BCUT2D eigenvalue weighted by Crippen LogP contribution is -2.37. The molecule has 1 aliphatic rings. The van der Waals surface area contributed by atoms with E-state index in [0.717, 1.165) is 36.1 Å². The molecule has 2 heterocycles. The Hall–Kier alpha value is -1.13. The molecule has 0 amide bonds. The van der Waals surface area contributed by atoms with Crippen LogP contribution in [0.1, 0.15) is 31.2 Å². The molecular formula is C16H27N3O. The number of aryl methyl sites for hydroxylation is 1. The molecule has 2 rings (SSSR count). The van der Waals surface area contributed by atoms with E-state index in [9.17, 15) is 0 Å². The molecule has 20 heavy (non-hydrogen) atoms. The summed E-state index contributed by atoms with van der Waals surface area (Å²) < 4.78 is 5.28. The van der Waals surface area contributed by atoms with Crippen molar-refractivity contribution in [1.29, 1.82) is 0 Å². The number of rotatable bonds is 6.